The van der Waals surface area contributed by atoms with Crippen molar-refractivity contribution >= 4 is 17.8 Å². The minimum absolute atomic E-state index is 0.0442. The van der Waals surface area contributed by atoms with Crippen molar-refractivity contribution in [3.63, 3.8) is 0 Å². The topological polar surface area (TPSA) is 77.6 Å². The molecule has 3 amide bonds. The highest BCUT2D eigenvalue weighted by molar-refractivity contribution is 5.75. The highest BCUT2D eigenvalue weighted by atomic mass is 16.2. The molecule has 1 aromatic heterocycles. The summed E-state index contributed by atoms with van der Waals surface area (Å²) in [5, 5.41) is 5.83. The number of nitrogens with zero attached hydrogens (tertiary/aromatic N) is 3. The lowest BCUT2D eigenvalue weighted by atomic mass is 10.1. The van der Waals surface area contributed by atoms with Crippen LogP contribution in [-0.2, 0) is 11.3 Å². The van der Waals surface area contributed by atoms with Crippen molar-refractivity contribution < 1.29 is 9.59 Å². The number of hydrogen-bond donors (Lipinski definition) is 2. The fourth-order valence-electron chi connectivity index (χ4n) is 2.82. The molecule has 0 aromatic carbocycles. The number of amides is 3. The molecule has 7 nitrogen and oxygen atoms in total. The minimum Gasteiger partial charge on any atom is -0.362 e. The zero-order valence-electron chi connectivity index (χ0n) is 14.0. The standard InChI is InChI=1S/C16H25N5O2/c1-12(22)19-14-7-5-9-21(11-14)16(23)18-10-13-6-4-8-17-15(13)20(2)3/h4,6,8,14H,5,7,9-11H2,1-3H3,(H,18,23)(H,19,22)/t14-/m1/s1. The number of rotatable bonds is 4. The number of nitrogens with one attached hydrogen (secondary N) is 2. The van der Waals surface area contributed by atoms with Gasteiger partial charge < -0.3 is 20.4 Å². The molecule has 0 aliphatic carbocycles. The zero-order chi connectivity index (χ0) is 16.8. The van der Waals surface area contributed by atoms with Gasteiger partial charge >= 0.3 is 6.03 Å². The van der Waals surface area contributed by atoms with Crippen LogP contribution in [0.4, 0.5) is 10.6 Å². The van der Waals surface area contributed by atoms with Crippen molar-refractivity contribution in [2.75, 3.05) is 32.1 Å². The summed E-state index contributed by atoms with van der Waals surface area (Å²) < 4.78 is 0. The van der Waals surface area contributed by atoms with Crippen LogP contribution < -0.4 is 15.5 Å². The second-order valence-electron chi connectivity index (χ2n) is 6.02. The van der Waals surface area contributed by atoms with Crippen molar-refractivity contribution in [1.82, 2.24) is 20.5 Å². The number of likely N-dealkylation sites (tertiary alicyclic amines) is 1. The largest absolute Gasteiger partial charge is 0.362 e. The second kappa shape index (κ2) is 7.80. The van der Waals surface area contributed by atoms with Crippen molar-refractivity contribution in [2.24, 2.45) is 0 Å². The molecule has 2 N–H and O–H groups in total. The summed E-state index contributed by atoms with van der Waals surface area (Å²) in [5.41, 5.74) is 0.973. The van der Waals surface area contributed by atoms with Gasteiger partial charge in [-0.25, -0.2) is 9.78 Å². The average Bonchev–Trinajstić information content (AvgIpc) is 2.52. The summed E-state index contributed by atoms with van der Waals surface area (Å²) in [7, 11) is 3.85. The van der Waals surface area contributed by atoms with Gasteiger partial charge in [-0.1, -0.05) is 6.07 Å². The molecular weight excluding hydrogens is 294 g/mol. The zero-order valence-corrected chi connectivity index (χ0v) is 14.0. The highest BCUT2D eigenvalue weighted by Gasteiger charge is 2.24. The van der Waals surface area contributed by atoms with Crippen molar-refractivity contribution in [3.8, 4) is 0 Å². The first-order valence-electron chi connectivity index (χ1n) is 7.88. The Morgan fingerprint density at radius 2 is 2.22 bits per heavy atom. The maximum Gasteiger partial charge on any atom is 0.317 e. The molecular formula is C16H25N5O2. The van der Waals surface area contributed by atoms with Gasteiger partial charge in [-0.2, -0.15) is 0 Å². The lowest BCUT2D eigenvalue weighted by Gasteiger charge is -2.33. The molecule has 2 heterocycles. The van der Waals surface area contributed by atoms with Gasteiger partial charge in [-0.3, -0.25) is 4.79 Å². The molecule has 7 heteroatoms. The summed E-state index contributed by atoms with van der Waals surface area (Å²) in [6, 6.07) is 3.76. The molecule has 0 spiro atoms. The van der Waals surface area contributed by atoms with E-state index in [4.69, 9.17) is 0 Å². The Labute approximate surface area is 137 Å². The van der Waals surface area contributed by atoms with E-state index in [0.717, 1.165) is 30.8 Å². The van der Waals surface area contributed by atoms with Crippen molar-refractivity contribution in [3.05, 3.63) is 23.9 Å². The molecule has 2 rings (SSSR count). The van der Waals surface area contributed by atoms with Crippen LogP contribution in [0.25, 0.3) is 0 Å². The van der Waals surface area contributed by atoms with Crippen LogP contribution in [0.5, 0.6) is 0 Å². The van der Waals surface area contributed by atoms with Gasteiger partial charge in [0.25, 0.3) is 0 Å². The lowest BCUT2D eigenvalue weighted by molar-refractivity contribution is -0.119. The van der Waals surface area contributed by atoms with Crippen LogP contribution in [0, 0.1) is 0 Å². The Balaban J connectivity index is 1.91. The molecule has 1 aromatic rings. The van der Waals surface area contributed by atoms with Crippen molar-refractivity contribution in [1.29, 1.82) is 0 Å². The monoisotopic (exact) mass is 319 g/mol. The summed E-state index contributed by atoms with van der Waals surface area (Å²) >= 11 is 0. The normalized spacial score (nSPS) is 17.5. The minimum atomic E-state index is -0.103. The van der Waals surface area contributed by atoms with Crippen LogP contribution in [-0.4, -0.2) is 55.0 Å². The second-order valence-corrected chi connectivity index (χ2v) is 6.02. The van der Waals surface area contributed by atoms with E-state index in [-0.39, 0.29) is 18.0 Å². The van der Waals surface area contributed by atoms with Gasteiger partial charge in [-0.05, 0) is 18.9 Å². The SMILES string of the molecule is CC(=O)N[C@@H]1CCCN(C(=O)NCc2cccnc2N(C)C)C1. The molecule has 1 aliphatic rings. The predicted molar refractivity (Wildman–Crippen MR) is 89.2 cm³/mol. The number of piperidine rings is 1. The van der Waals surface area contributed by atoms with Gasteiger partial charge in [0.2, 0.25) is 5.91 Å². The third kappa shape index (κ3) is 4.84. The van der Waals surface area contributed by atoms with Crippen LogP contribution in [0.3, 0.4) is 0 Å². The van der Waals surface area contributed by atoms with Crippen LogP contribution in [0.15, 0.2) is 18.3 Å². The predicted octanol–water partition coefficient (Wildman–Crippen LogP) is 0.958. The number of carbonyl (C=O) groups is 2. The Kier molecular flexibility index (Phi) is 5.78. The third-order valence-electron chi connectivity index (χ3n) is 3.84. The van der Waals surface area contributed by atoms with Crippen LogP contribution in [0.1, 0.15) is 25.3 Å². The summed E-state index contributed by atoms with van der Waals surface area (Å²) in [4.78, 5) is 31.5. The Morgan fingerprint density at radius 3 is 2.91 bits per heavy atom. The smallest absolute Gasteiger partial charge is 0.317 e. The van der Waals surface area contributed by atoms with Crippen LogP contribution >= 0.6 is 0 Å². The van der Waals surface area contributed by atoms with Gasteiger partial charge in [-0.15, -0.1) is 0 Å². The molecule has 1 saturated heterocycles. The maximum atomic E-state index is 12.4. The quantitative estimate of drug-likeness (QED) is 0.866. The fraction of sp³-hybridized carbons (Fsp3) is 0.562. The number of aromatic nitrogens is 1. The van der Waals surface area contributed by atoms with E-state index < -0.39 is 0 Å². The Morgan fingerprint density at radius 1 is 1.43 bits per heavy atom. The van der Waals surface area contributed by atoms with E-state index in [2.05, 4.69) is 15.6 Å². The first-order chi connectivity index (χ1) is 11.0. The molecule has 1 atom stereocenters. The number of carbonyl (C=O) groups excluding carboxylic acids is 2. The first kappa shape index (κ1) is 17.1. The average molecular weight is 319 g/mol. The molecule has 0 radical (unpaired) electrons. The van der Waals surface area contributed by atoms with E-state index in [1.54, 1.807) is 11.1 Å². The van der Waals surface area contributed by atoms with E-state index in [1.165, 1.54) is 6.92 Å². The Hall–Kier alpha value is -2.31. The number of pyridine rings is 1. The van der Waals surface area contributed by atoms with Crippen molar-refractivity contribution in [2.45, 2.75) is 32.4 Å². The fourth-order valence-corrected chi connectivity index (χ4v) is 2.82. The molecule has 0 unspecified atom stereocenters. The molecule has 1 aliphatic heterocycles. The maximum absolute atomic E-state index is 12.4. The Bertz CT molecular complexity index is 561. The number of hydrogen-bond acceptors (Lipinski definition) is 4. The molecule has 126 valence electrons. The molecule has 23 heavy (non-hydrogen) atoms. The van der Waals surface area contributed by atoms with Gasteiger partial charge in [0, 0.05) is 58.5 Å². The molecule has 0 bridgehead atoms. The van der Waals surface area contributed by atoms with E-state index in [0.29, 0.717) is 13.1 Å². The van der Waals surface area contributed by atoms with E-state index in [1.807, 2.05) is 31.1 Å². The van der Waals surface area contributed by atoms with E-state index in [9.17, 15) is 9.59 Å². The van der Waals surface area contributed by atoms with Gasteiger partial charge in [0.1, 0.15) is 5.82 Å². The molecule has 0 saturated carbocycles. The highest BCUT2D eigenvalue weighted by Crippen LogP contribution is 2.15. The van der Waals surface area contributed by atoms with E-state index >= 15 is 0 Å². The van der Waals surface area contributed by atoms with Gasteiger partial charge in [0.15, 0.2) is 0 Å². The number of urea groups is 1. The molecule has 1 fully saturated rings. The van der Waals surface area contributed by atoms with Crippen LogP contribution in [0.2, 0.25) is 0 Å². The summed E-state index contributed by atoms with van der Waals surface area (Å²) in [6.07, 6.45) is 3.55. The lowest BCUT2D eigenvalue weighted by Crippen LogP contribution is -2.51. The van der Waals surface area contributed by atoms with Gasteiger partial charge in [0.05, 0.1) is 0 Å². The summed E-state index contributed by atoms with van der Waals surface area (Å²) in [6.45, 7) is 3.21. The number of anilines is 1. The first-order valence-corrected chi connectivity index (χ1v) is 7.88. The summed E-state index contributed by atoms with van der Waals surface area (Å²) in [5.74, 6) is 0.797. The third-order valence-corrected chi connectivity index (χ3v) is 3.84.